The molecule has 0 aliphatic rings. The second kappa shape index (κ2) is 12.3. The monoisotopic (exact) mass is 402 g/mol. The number of aromatic nitrogens is 2. The Balaban J connectivity index is 1.29. The summed E-state index contributed by atoms with van der Waals surface area (Å²) >= 11 is 0. The Morgan fingerprint density at radius 3 is 1.40 bits per heavy atom. The maximum absolute atomic E-state index is 2.43. The standard InChI is InChI=1S/C28H38N2/c1-25-14-20-29(21-15-25)18-7-3-5-10-27-12-9-13-28(24-27)11-6-4-8-19-30-22-16-26(2)17-23-30/h9,12-17,20-24H,3-8,10-11,18-19H2,1-2H3/q+2. The maximum Gasteiger partial charge on any atom is 0.169 e. The van der Waals surface area contributed by atoms with Crippen LogP contribution in [0.25, 0.3) is 0 Å². The van der Waals surface area contributed by atoms with Crippen LogP contribution in [0.3, 0.4) is 0 Å². The minimum atomic E-state index is 1.13. The fourth-order valence-electron chi connectivity index (χ4n) is 3.90. The Morgan fingerprint density at radius 2 is 0.967 bits per heavy atom. The van der Waals surface area contributed by atoms with Crippen LogP contribution in [0.1, 0.15) is 60.8 Å². The Morgan fingerprint density at radius 1 is 0.533 bits per heavy atom. The van der Waals surface area contributed by atoms with Crippen LogP contribution in [-0.2, 0) is 25.9 Å². The van der Waals surface area contributed by atoms with E-state index in [-0.39, 0.29) is 0 Å². The molecule has 0 saturated heterocycles. The van der Waals surface area contributed by atoms with Gasteiger partial charge in [0.2, 0.25) is 0 Å². The van der Waals surface area contributed by atoms with Crippen LogP contribution in [0.4, 0.5) is 0 Å². The molecular weight excluding hydrogens is 364 g/mol. The minimum absolute atomic E-state index is 1.13. The molecule has 30 heavy (non-hydrogen) atoms. The van der Waals surface area contributed by atoms with Gasteiger partial charge in [0, 0.05) is 37.1 Å². The van der Waals surface area contributed by atoms with E-state index in [1.807, 2.05) is 0 Å². The molecule has 0 bridgehead atoms. The Labute approximate surface area is 183 Å². The van der Waals surface area contributed by atoms with Crippen LogP contribution in [-0.4, -0.2) is 0 Å². The summed E-state index contributed by atoms with van der Waals surface area (Å²) < 4.78 is 4.59. The highest BCUT2D eigenvalue weighted by Crippen LogP contribution is 2.13. The summed E-state index contributed by atoms with van der Waals surface area (Å²) in [6, 6.07) is 18.0. The third-order valence-electron chi connectivity index (χ3n) is 5.87. The highest BCUT2D eigenvalue weighted by atomic mass is 14.9. The number of hydrogen-bond acceptors (Lipinski definition) is 0. The average molecular weight is 403 g/mol. The van der Waals surface area contributed by atoms with Gasteiger partial charge in [-0.05, 0) is 74.6 Å². The van der Waals surface area contributed by atoms with Crippen molar-refractivity contribution in [1.29, 1.82) is 0 Å². The number of nitrogens with zero attached hydrogens (tertiary/aromatic N) is 2. The zero-order valence-electron chi connectivity index (χ0n) is 18.9. The highest BCUT2D eigenvalue weighted by molar-refractivity contribution is 5.23. The molecule has 3 aromatic rings. The molecule has 0 fully saturated rings. The number of hydrogen-bond donors (Lipinski definition) is 0. The SMILES string of the molecule is Cc1cc[n+](CCCCCc2cccc(CCCCC[n+]3ccc(C)cc3)c2)cc1. The van der Waals surface area contributed by atoms with Crippen molar-refractivity contribution < 1.29 is 9.13 Å². The largest absolute Gasteiger partial charge is 0.205 e. The summed E-state index contributed by atoms with van der Waals surface area (Å²) in [6.07, 6.45) is 18.8. The second-order valence-corrected chi connectivity index (χ2v) is 8.67. The summed E-state index contributed by atoms with van der Waals surface area (Å²) in [4.78, 5) is 0. The van der Waals surface area contributed by atoms with E-state index in [2.05, 4.69) is 96.3 Å². The summed E-state index contributed by atoms with van der Waals surface area (Å²) in [5.41, 5.74) is 5.67. The van der Waals surface area contributed by atoms with E-state index >= 15 is 0 Å². The van der Waals surface area contributed by atoms with Crippen LogP contribution < -0.4 is 9.13 Å². The van der Waals surface area contributed by atoms with Crippen molar-refractivity contribution in [3.05, 3.63) is 95.6 Å². The normalized spacial score (nSPS) is 11.0. The van der Waals surface area contributed by atoms with Gasteiger partial charge >= 0.3 is 0 Å². The first-order valence-corrected chi connectivity index (χ1v) is 11.7. The lowest BCUT2D eigenvalue weighted by Gasteiger charge is -2.06. The summed E-state index contributed by atoms with van der Waals surface area (Å²) in [7, 11) is 0. The van der Waals surface area contributed by atoms with Crippen LogP contribution in [0, 0.1) is 13.8 Å². The molecule has 0 aliphatic heterocycles. The Bertz CT molecular complexity index is 795. The Kier molecular flexibility index (Phi) is 9.08. The summed E-state index contributed by atoms with van der Waals surface area (Å²) in [5.74, 6) is 0. The van der Waals surface area contributed by atoms with Gasteiger partial charge in [-0.1, -0.05) is 24.3 Å². The quantitative estimate of drug-likeness (QED) is 0.271. The van der Waals surface area contributed by atoms with Crippen molar-refractivity contribution in [2.45, 2.75) is 78.3 Å². The van der Waals surface area contributed by atoms with Gasteiger partial charge in [-0.25, -0.2) is 9.13 Å². The molecule has 0 N–H and O–H groups in total. The zero-order valence-corrected chi connectivity index (χ0v) is 18.9. The molecule has 2 heterocycles. The smallest absolute Gasteiger partial charge is 0.169 e. The fourth-order valence-corrected chi connectivity index (χ4v) is 3.90. The number of unbranched alkanes of at least 4 members (excludes halogenated alkanes) is 4. The lowest BCUT2D eigenvalue weighted by atomic mass is 10.0. The molecule has 0 spiro atoms. The van der Waals surface area contributed by atoms with Crippen molar-refractivity contribution >= 4 is 0 Å². The first kappa shape index (κ1) is 22.2. The van der Waals surface area contributed by atoms with Crippen molar-refractivity contribution in [1.82, 2.24) is 0 Å². The number of benzene rings is 1. The van der Waals surface area contributed by atoms with Crippen LogP contribution >= 0.6 is 0 Å². The number of rotatable bonds is 12. The molecule has 2 aromatic heterocycles. The van der Waals surface area contributed by atoms with E-state index < -0.39 is 0 Å². The van der Waals surface area contributed by atoms with Crippen LogP contribution in [0.2, 0.25) is 0 Å². The van der Waals surface area contributed by atoms with Gasteiger partial charge in [-0.2, -0.15) is 0 Å². The maximum atomic E-state index is 2.43. The van der Waals surface area contributed by atoms with Gasteiger partial charge in [-0.15, -0.1) is 0 Å². The van der Waals surface area contributed by atoms with E-state index in [9.17, 15) is 0 Å². The van der Waals surface area contributed by atoms with Gasteiger partial charge in [0.15, 0.2) is 24.8 Å². The molecule has 0 saturated carbocycles. The molecule has 2 nitrogen and oxygen atoms in total. The van der Waals surface area contributed by atoms with Crippen molar-refractivity contribution in [3.63, 3.8) is 0 Å². The fraction of sp³-hybridized carbons (Fsp3) is 0.429. The summed E-state index contributed by atoms with van der Waals surface area (Å²) in [6.45, 7) is 6.54. The summed E-state index contributed by atoms with van der Waals surface area (Å²) in [5, 5.41) is 0. The number of pyridine rings is 2. The first-order chi connectivity index (χ1) is 14.7. The van der Waals surface area contributed by atoms with E-state index in [4.69, 9.17) is 0 Å². The average Bonchev–Trinajstić information content (AvgIpc) is 2.76. The lowest BCUT2D eigenvalue weighted by molar-refractivity contribution is -0.697. The molecule has 0 atom stereocenters. The molecule has 0 aliphatic carbocycles. The third-order valence-corrected chi connectivity index (χ3v) is 5.87. The third kappa shape index (κ3) is 8.10. The van der Waals surface area contributed by atoms with Crippen molar-refractivity contribution in [2.24, 2.45) is 0 Å². The van der Waals surface area contributed by atoms with E-state index in [1.54, 1.807) is 0 Å². The van der Waals surface area contributed by atoms with Crippen LogP contribution in [0.15, 0.2) is 73.3 Å². The van der Waals surface area contributed by atoms with E-state index in [0.29, 0.717) is 0 Å². The second-order valence-electron chi connectivity index (χ2n) is 8.67. The molecule has 1 aromatic carbocycles. The zero-order chi connectivity index (χ0) is 21.0. The molecule has 0 radical (unpaired) electrons. The predicted octanol–water partition coefficient (Wildman–Crippen LogP) is 5.70. The van der Waals surface area contributed by atoms with E-state index in [1.165, 1.54) is 73.6 Å². The van der Waals surface area contributed by atoms with Gasteiger partial charge in [-0.3, -0.25) is 0 Å². The molecule has 3 rings (SSSR count). The lowest BCUT2D eigenvalue weighted by Crippen LogP contribution is -2.32. The molecule has 0 amide bonds. The highest BCUT2D eigenvalue weighted by Gasteiger charge is 2.02. The van der Waals surface area contributed by atoms with Gasteiger partial charge < -0.3 is 0 Å². The minimum Gasteiger partial charge on any atom is -0.205 e. The predicted molar refractivity (Wildman–Crippen MR) is 124 cm³/mol. The van der Waals surface area contributed by atoms with Crippen LogP contribution in [0.5, 0.6) is 0 Å². The van der Waals surface area contributed by atoms with Crippen molar-refractivity contribution in [2.75, 3.05) is 0 Å². The van der Waals surface area contributed by atoms with Crippen molar-refractivity contribution in [3.8, 4) is 0 Å². The van der Waals surface area contributed by atoms with Gasteiger partial charge in [0.1, 0.15) is 13.1 Å². The topological polar surface area (TPSA) is 7.76 Å². The number of aryl methyl sites for hydroxylation is 6. The molecule has 0 unspecified atom stereocenters. The molecule has 158 valence electrons. The molecular formula is C28H38N2+2. The Hall–Kier alpha value is -2.48. The first-order valence-electron chi connectivity index (χ1n) is 11.7. The van der Waals surface area contributed by atoms with Gasteiger partial charge in [0.25, 0.3) is 0 Å². The van der Waals surface area contributed by atoms with E-state index in [0.717, 1.165) is 13.1 Å². The van der Waals surface area contributed by atoms with Gasteiger partial charge in [0.05, 0.1) is 0 Å². The molecule has 2 heteroatoms.